The van der Waals surface area contributed by atoms with E-state index in [-0.39, 0.29) is 12.0 Å². The summed E-state index contributed by atoms with van der Waals surface area (Å²) in [6, 6.07) is 7.68. The smallest absolute Gasteiger partial charge is 0.254 e. The summed E-state index contributed by atoms with van der Waals surface area (Å²) in [5.74, 6) is 0.104. The van der Waals surface area contributed by atoms with Gasteiger partial charge in [-0.1, -0.05) is 17.7 Å². The van der Waals surface area contributed by atoms with Gasteiger partial charge in [-0.15, -0.1) is 0 Å². The van der Waals surface area contributed by atoms with Crippen molar-refractivity contribution in [2.24, 2.45) is 0 Å². The van der Waals surface area contributed by atoms with Crippen LogP contribution in [0.3, 0.4) is 0 Å². The zero-order valence-corrected chi connectivity index (χ0v) is 9.06. The van der Waals surface area contributed by atoms with Gasteiger partial charge in [0.15, 0.2) is 0 Å². The third kappa shape index (κ3) is 2.02. The Bertz CT molecular complexity index is 370. The van der Waals surface area contributed by atoms with E-state index in [0.29, 0.717) is 13.1 Å². The number of carbonyl (C=O) groups excluding carboxylic acids is 1. The van der Waals surface area contributed by atoms with E-state index >= 15 is 0 Å². The molecule has 0 spiro atoms. The predicted molar refractivity (Wildman–Crippen MR) is 57.9 cm³/mol. The van der Waals surface area contributed by atoms with Crippen LogP contribution < -0.4 is 0 Å². The predicted octanol–water partition coefficient (Wildman–Crippen LogP) is 1.47. The number of nitrogens with zero attached hydrogens (tertiary/aromatic N) is 1. The van der Waals surface area contributed by atoms with Crippen LogP contribution in [0.1, 0.15) is 15.9 Å². The van der Waals surface area contributed by atoms with E-state index in [1.54, 1.807) is 7.11 Å². The molecule has 0 unspecified atom stereocenters. The minimum atomic E-state index is 0.104. The fourth-order valence-electron chi connectivity index (χ4n) is 1.71. The quantitative estimate of drug-likeness (QED) is 0.731. The van der Waals surface area contributed by atoms with Gasteiger partial charge in [0.25, 0.3) is 5.91 Å². The molecule has 1 amide bonds. The molecule has 1 fully saturated rings. The number of rotatable bonds is 2. The van der Waals surface area contributed by atoms with Crippen molar-refractivity contribution in [3.05, 3.63) is 35.4 Å². The molecule has 0 aromatic heterocycles. The first-order chi connectivity index (χ1) is 7.20. The molecule has 1 heterocycles. The lowest BCUT2D eigenvalue weighted by atomic mass is 10.1. The highest BCUT2D eigenvalue weighted by molar-refractivity contribution is 5.94. The molecule has 0 saturated carbocycles. The molecule has 1 aromatic rings. The largest absolute Gasteiger partial charge is 0.378 e. The standard InChI is InChI=1S/C12H15NO2/c1-9-4-3-5-10(6-9)12(14)13-7-11(8-13)15-2/h3-6,11H,7-8H2,1-2H3. The Morgan fingerprint density at radius 2 is 2.20 bits per heavy atom. The van der Waals surface area contributed by atoms with Gasteiger partial charge in [0.1, 0.15) is 0 Å². The Morgan fingerprint density at radius 1 is 1.47 bits per heavy atom. The minimum absolute atomic E-state index is 0.104. The molecule has 80 valence electrons. The topological polar surface area (TPSA) is 29.5 Å². The normalized spacial score (nSPS) is 16.3. The molecular formula is C12H15NO2. The molecule has 3 nitrogen and oxygen atoms in total. The summed E-state index contributed by atoms with van der Waals surface area (Å²) in [5.41, 5.74) is 1.88. The molecular weight excluding hydrogens is 190 g/mol. The van der Waals surface area contributed by atoms with Crippen LogP contribution in [0.5, 0.6) is 0 Å². The maximum Gasteiger partial charge on any atom is 0.254 e. The van der Waals surface area contributed by atoms with Crippen molar-refractivity contribution in [2.45, 2.75) is 13.0 Å². The summed E-state index contributed by atoms with van der Waals surface area (Å²) >= 11 is 0. The van der Waals surface area contributed by atoms with Crippen molar-refractivity contribution in [1.29, 1.82) is 0 Å². The lowest BCUT2D eigenvalue weighted by Crippen LogP contribution is -2.54. The Labute approximate surface area is 89.7 Å². The molecule has 0 bridgehead atoms. The van der Waals surface area contributed by atoms with Gasteiger partial charge in [0.05, 0.1) is 6.10 Å². The van der Waals surface area contributed by atoms with Gasteiger partial charge >= 0.3 is 0 Å². The summed E-state index contributed by atoms with van der Waals surface area (Å²) in [4.78, 5) is 13.7. The first kappa shape index (κ1) is 10.2. The summed E-state index contributed by atoms with van der Waals surface area (Å²) in [5, 5.41) is 0. The minimum Gasteiger partial charge on any atom is -0.378 e. The highest BCUT2D eigenvalue weighted by Crippen LogP contribution is 2.15. The molecule has 15 heavy (non-hydrogen) atoms. The Morgan fingerprint density at radius 3 is 2.80 bits per heavy atom. The molecule has 0 aliphatic carbocycles. The van der Waals surface area contributed by atoms with Crippen LogP contribution in [-0.4, -0.2) is 37.1 Å². The summed E-state index contributed by atoms with van der Waals surface area (Å²) in [6.45, 7) is 3.41. The van der Waals surface area contributed by atoms with Crippen molar-refractivity contribution in [3.8, 4) is 0 Å². The van der Waals surface area contributed by atoms with E-state index in [0.717, 1.165) is 11.1 Å². The van der Waals surface area contributed by atoms with Gasteiger partial charge in [0.2, 0.25) is 0 Å². The Balaban J connectivity index is 2.03. The number of carbonyl (C=O) groups is 1. The molecule has 1 saturated heterocycles. The average Bonchev–Trinajstić information content (AvgIpc) is 2.16. The molecule has 0 atom stereocenters. The number of likely N-dealkylation sites (tertiary alicyclic amines) is 1. The first-order valence-corrected chi connectivity index (χ1v) is 5.09. The van der Waals surface area contributed by atoms with E-state index in [1.807, 2.05) is 36.1 Å². The molecule has 3 heteroatoms. The van der Waals surface area contributed by atoms with Crippen molar-refractivity contribution in [3.63, 3.8) is 0 Å². The van der Waals surface area contributed by atoms with E-state index in [4.69, 9.17) is 4.74 Å². The lowest BCUT2D eigenvalue weighted by Gasteiger charge is -2.38. The number of benzene rings is 1. The van der Waals surface area contributed by atoms with Crippen molar-refractivity contribution >= 4 is 5.91 Å². The average molecular weight is 205 g/mol. The van der Waals surface area contributed by atoms with Gasteiger partial charge in [-0.05, 0) is 19.1 Å². The number of ether oxygens (including phenoxy) is 1. The molecule has 1 aliphatic heterocycles. The fraction of sp³-hybridized carbons (Fsp3) is 0.417. The van der Waals surface area contributed by atoms with E-state index in [2.05, 4.69) is 0 Å². The SMILES string of the molecule is COC1CN(C(=O)c2cccc(C)c2)C1. The van der Waals surface area contributed by atoms with Crippen LogP contribution in [0.2, 0.25) is 0 Å². The van der Waals surface area contributed by atoms with Crippen LogP contribution in [-0.2, 0) is 4.74 Å². The van der Waals surface area contributed by atoms with Gasteiger partial charge in [-0.25, -0.2) is 0 Å². The second-order valence-corrected chi connectivity index (χ2v) is 3.94. The highest BCUT2D eigenvalue weighted by atomic mass is 16.5. The van der Waals surface area contributed by atoms with E-state index in [1.165, 1.54) is 0 Å². The molecule has 0 N–H and O–H groups in total. The zero-order chi connectivity index (χ0) is 10.8. The van der Waals surface area contributed by atoms with Crippen LogP contribution in [0, 0.1) is 6.92 Å². The number of hydrogen-bond donors (Lipinski definition) is 0. The third-order valence-corrected chi connectivity index (χ3v) is 2.73. The molecule has 0 radical (unpaired) electrons. The second-order valence-electron chi connectivity index (χ2n) is 3.94. The summed E-state index contributed by atoms with van der Waals surface area (Å²) in [6.07, 6.45) is 0.221. The summed E-state index contributed by atoms with van der Waals surface area (Å²) < 4.78 is 5.13. The Kier molecular flexibility index (Phi) is 2.73. The first-order valence-electron chi connectivity index (χ1n) is 5.09. The van der Waals surface area contributed by atoms with Gasteiger partial charge < -0.3 is 9.64 Å². The number of hydrogen-bond acceptors (Lipinski definition) is 2. The summed E-state index contributed by atoms with van der Waals surface area (Å²) in [7, 11) is 1.68. The highest BCUT2D eigenvalue weighted by Gasteiger charge is 2.30. The van der Waals surface area contributed by atoms with Crippen LogP contribution in [0.25, 0.3) is 0 Å². The second kappa shape index (κ2) is 4.03. The third-order valence-electron chi connectivity index (χ3n) is 2.73. The van der Waals surface area contributed by atoms with Crippen LogP contribution in [0.4, 0.5) is 0 Å². The monoisotopic (exact) mass is 205 g/mol. The van der Waals surface area contributed by atoms with Gasteiger partial charge in [-0.3, -0.25) is 4.79 Å². The van der Waals surface area contributed by atoms with Gasteiger partial charge in [0, 0.05) is 25.8 Å². The van der Waals surface area contributed by atoms with E-state index in [9.17, 15) is 4.79 Å². The number of amides is 1. The van der Waals surface area contributed by atoms with Gasteiger partial charge in [-0.2, -0.15) is 0 Å². The van der Waals surface area contributed by atoms with Crippen LogP contribution in [0.15, 0.2) is 24.3 Å². The lowest BCUT2D eigenvalue weighted by molar-refractivity contribution is -0.0191. The zero-order valence-electron chi connectivity index (χ0n) is 9.06. The molecule has 1 aromatic carbocycles. The van der Waals surface area contributed by atoms with E-state index < -0.39 is 0 Å². The molecule has 2 rings (SSSR count). The number of aryl methyl sites for hydroxylation is 1. The van der Waals surface area contributed by atoms with Crippen molar-refractivity contribution in [2.75, 3.05) is 20.2 Å². The molecule has 1 aliphatic rings. The van der Waals surface area contributed by atoms with Crippen molar-refractivity contribution in [1.82, 2.24) is 4.90 Å². The van der Waals surface area contributed by atoms with Crippen molar-refractivity contribution < 1.29 is 9.53 Å². The Hall–Kier alpha value is -1.35. The number of methoxy groups -OCH3 is 1. The fourth-order valence-corrected chi connectivity index (χ4v) is 1.71. The van der Waals surface area contributed by atoms with Crippen LogP contribution >= 0.6 is 0 Å². The maximum atomic E-state index is 11.9. The maximum absolute atomic E-state index is 11.9.